The summed E-state index contributed by atoms with van der Waals surface area (Å²) in [7, 11) is 0. The summed E-state index contributed by atoms with van der Waals surface area (Å²) in [5.74, 6) is -0.609. The summed E-state index contributed by atoms with van der Waals surface area (Å²) >= 11 is 0. The van der Waals surface area contributed by atoms with Gasteiger partial charge in [-0.25, -0.2) is 9.97 Å². The SMILES string of the molecule is Cc1nc(C#N)ncc1-c1noc(C#N)c1O. The fourth-order valence-corrected chi connectivity index (χ4v) is 1.29. The zero-order chi connectivity index (χ0) is 12.4. The monoisotopic (exact) mass is 227 g/mol. The van der Waals surface area contributed by atoms with Gasteiger partial charge in [0.25, 0.3) is 5.76 Å². The lowest BCUT2D eigenvalue weighted by atomic mass is 10.1. The lowest BCUT2D eigenvalue weighted by Crippen LogP contribution is -1.95. The first kappa shape index (κ1) is 10.6. The summed E-state index contributed by atoms with van der Waals surface area (Å²) in [6, 6.07) is 3.45. The van der Waals surface area contributed by atoms with Crippen molar-refractivity contribution in [2.75, 3.05) is 0 Å². The Kier molecular flexibility index (Phi) is 2.43. The number of rotatable bonds is 1. The largest absolute Gasteiger partial charge is 0.502 e. The van der Waals surface area contributed by atoms with Crippen LogP contribution in [0.15, 0.2) is 10.7 Å². The van der Waals surface area contributed by atoms with Gasteiger partial charge in [0.05, 0.1) is 5.69 Å². The normalized spacial score (nSPS) is 9.59. The Balaban J connectivity index is 2.59. The van der Waals surface area contributed by atoms with E-state index < -0.39 is 0 Å². The third-order valence-electron chi connectivity index (χ3n) is 2.10. The molecular weight excluding hydrogens is 222 g/mol. The van der Waals surface area contributed by atoms with Crippen LogP contribution in [0.1, 0.15) is 17.3 Å². The minimum absolute atomic E-state index is 0.0229. The van der Waals surface area contributed by atoms with E-state index in [1.165, 1.54) is 6.20 Å². The molecular formula is C10H5N5O2. The average molecular weight is 227 g/mol. The molecule has 2 aromatic rings. The Hall–Kier alpha value is -2.93. The molecule has 0 saturated carbocycles. The number of aromatic hydroxyl groups is 1. The van der Waals surface area contributed by atoms with Crippen LogP contribution in [-0.4, -0.2) is 20.2 Å². The fraction of sp³-hybridized carbons (Fsp3) is 0.100. The van der Waals surface area contributed by atoms with Crippen molar-refractivity contribution in [1.29, 1.82) is 10.5 Å². The summed E-state index contributed by atoms with van der Waals surface area (Å²) < 4.78 is 4.63. The van der Waals surface area contributed by atoms with Crippen LogP contribution in [0.2, 0.25) is 0 Å². The van der Waals surface area contributed by atoms with Crippen molar-refractivity contribution in [1.82, 2.24) is 15.1 Å². The van der Waals surface area contributed by atoms with Crippen molar-refractivity contribution in [2.45, 2.75) is 6.92 Å². The lowest BCUT2D eigenvalue weighted by Gasteiger charge is -2.00. The molecule has 1 N–H and O–H groups in total. The van der Waals surface area contributed by atoms with Crippen molar-refractivity contribution in [2.24, 2.45) is 0 Å². The van der Waals surface area contributed by atoms with E-state index in [1.54, 1.807) is 19.1 Å². The molecule has 0 saturated heterocycles. The zero-order valence-corrected chi connectivity index (χ0v) is 8.67. The molecule has 0 bridgehead atoms. The van der Waals surface area contributed by atoms with Gasteiger partial charge in [-0.3, -0.25) is 0 Å². The van der Waals surface area contributed by atoms with Gasteiger partial charge in [-0.05, 0) is 6.92 Å². The number of nitriles is 2. The first-order valence-corrected chi connectivity index (χ1v) is 4.50. The van der Waals surface area contributed by atoms with Crippen molar-refractivity contribution >= 4 is 0 Å². The Labute approximate surface area is 95.6 Å². The summed E-state index contributed by atoms with van der Waals surface area (Å²) in [6.45, 7) is 1.64. The molecule has 0 spiro atoms. The molecule has 0 aliphatic rings. The minimum Gasteiger partial charge on any atom is -0.502 e. The number of aromatic nitrogens is 3. The molecule has 0 amide bonds. The summed E-state index contributed by atoms with van der Waals surface area (Å²) in [6.07, 6.45) is 1.35. The van der Waals surface area contributed by atoms with E-state index in [1.807, 2.05) is 0 Å². The van der Waals surface area contributed by atoms with Crippen LogP contribution in [0.4, 0.5) is 0 Å². The molecule has 0 aromatic carbocycles. The molecule has 0 radical (unpaired) electrons. The second-order valence-electron chi connectivity index (χ2n) is 3.13. The molecule has 0 aliphatic carbocycles. The van der Waals surface area contributed by atoms with E-state index in [-0.39, 0.29) is 23.0 Å². The van der Waals surface area contributed by atoms with Gasteiger partial charge in [0.1, 0.15) is 12.1 Å². The maximum atomic E-state index is 9.63. The average Bonchev–Trinajstić information content (AvgIpc) is 2.70. The highest BCUT2D eigenvalue weighted by molar-refractivity contribution is 5.68. The third kappa shape index (κ3) is 1.66. The Morgan fingerprint density at radius 3 is 2.65 bits per heavy atom. The second-order valence-corrected chi connectivity index (χ2v) is 3.13. The highest BCUT2D eigenvalue weighted by atomic mass is 16.5. The van der Waals surface area contributed by atoms with Crippen LogP contribution in [0.5, 0.6) is 5.75 Å². The van der Waals surface area contributed by atoms with E-state index in [0.717, 1.165) is 0 Å². The smallest absolute Gasteiger partial charge is 0.278 e. The molecule has 0 aliphatic heterocycles. The van der Waals surface area contributed by atoms with Gasteiger partial charge in [-0.2, -0.15) is 10.5 Å². The summed E-state index contributed by atoms with van der Waals surface area (Å²) in [4.78, 5) is 7.66. The van der Waals surface area contributed by atoms with Crippen LogP contribution in [0.3, 0.4) is 0 Å². The van der Waals surface area contributed by atoms with Crippen LogP contribution < -0.4 is 0 Å². The molecule has 2 rings (SSSR count). The molecule has 7 nitrogen and oxygen atoms in total. The summed E-state index contributed by atoms with van der Waals surface area (Å²) in [5, 5.41) is 30.4. The van der Waals surface area contributed by atoms with Gasteiger partial charge in [0, 0.05) is 11.8 Å². The highest BCUT2D eigenvalue weighted by Gasteiger charge is 2.19. The third-order valence-corrected chi connectivity index (χ3v) is 2.10. The van der Waals surface area contributed by atoms with Crippen LogP contribution >= 0.6 is 0 Å². The van der Waals surface area contributed by atoms with Gasteiger partial charge in [0.15, 0.2) is 5.69 Å². The molecule has 82 valence electrons. The van der Waals surface area contributed by atoms with Gasteiger partial charge < -0.3 is 9.63 Å². The Morgan fingerprint density at radius 1 is 1.35 bits per heavy atom. The zero-order valence-electron chi connectivity index (χ0n) is 8.67. The van der Waals surface area contributed by atoms with Crippen molar-refractivity contribution in [3.05, 3.63) is 23.5 Å². The quantitative estimate of drug-likeness (QED) is 0.767. The molecule has 2 aromatic heterocycles. The van der Waals surface area contributed by atoms with Crippen molar-refractivity contribution < 1.29 is 9.63 Å². The van der Waals surface area contributed by atoms with Gasteiger partial charge in [-0.15, -0.1) is 0 Å². The summed E-state index contributed by atoms with van der Waals surface area (Å²) in [5.41, 5.74) is 0.958. The predicted molar refractivity (Wildman–Crippen MR) is 53.4 cm³/mol. The van der Waals surface area contributed by atoms with Crippen LogP contribution in [0, 0.1) is 29.6 Å². The predicted octanol–water partition coefficient (Wildman–Crippen LogP) is 0.889. The Bertz CT molecular complexity index is 662. The molecule has 17 heavy (non-hydrogen) atoms. The maximum Gasteiger partial charge on any atom is 0.278 e. The van der Waals surface area contributed by atoms with Crippen LogP contribution in [0.25, 0.3) is 11.3 Å². The highest BCUT2D eigenvalue weighted by Crippen LogP contribution is 2.31. The van der Waals surface area contributed by atoms with Crippen molar-refractivity contribution in [3.63, 3.8) is 0 Å². The Morgan fingerprint density at radius 2 is 2.12 bits per heavy atom. The molecule has 2 heterocycles. The van der Waals surface area contributed by atoms with Gasteiger partial charge in [0.2, 0.25) is 11.6 Å². The van der Waals surface area contributed by atoms with Gasteiger partial charge in [-0.1, -0.05) is 5.16 Å². The van der Waals surface area contributed by atoms with E-state index in [2.05, 4.69) is 19.6 Å². The topological polar surface area (TPSA) is 120 Å². The van der Waals surface area contributed by atoms with E-state index in [0.29, 0.717) is 11.3 Å². The molecule has 7 heteroatoms. The first-order valence-electron chi connectivity index (χ1n) is 4.50. The van der Waals surface area contributed by atoms with E-state index in [4.69, 9.17) is 10.5 Å². The van der Waals surface area contributed by atoms with Crippen LogP contribution in [-0.2, 0) is 0 Å². The maximum absolute atomic E-state index is 9.63. The number of nitrogens with zero attached hydrogens (tertiary/aromatic N) is 5. The van der Waals surface area contributed by atoms with E-state index >= 15 is 0 Å². The number of aryl methyl sites for hydroxylation is 1. The van der Waals surface area contributed by atoms with Gasteiger partial charge >= 0.3 is 0 Å². The lowest BCUT2D eigenvalue weighted by molar-refractivity contribution is 0.398. The van der Waals surface area contributed by atoms with Crippen molar-refractivity contribution in [3.8, 4) is 29.1 Å². The minimum atomic E-state index is -0.357. The number of hydrogen-bond donors (Lipinski definition) is 1. The van der Waals surface area contributed by atoms with E-state index in [9.17, 15) is 5.11 Å². The first-order chi connectivity index (χ1) is 8.17. The molecule has 0 atom stereocenters. The number of hydrogen-bond acceptors (Lipinski definition) is 7. The molecule has 0 unspecified atom stereocenters. The standard InChI is InChI=1S/C10H5N5O2/c1-5-6(4-13-8(3-12)14-5)9-10(16)7(2-11)17-15-9/h4,16H,1H3. The second kappa shape index (κ2) is 3.91. The fourth-order valence-electron chi connectivity index (χ4n) is 1.29. The molecule has 0 fully saturated rings.